The molecule has 0 aromatic rings. The van der Waals surface area contributed by atoms with Crippen molar-refractivity contribution in [1.82, 2.24) is 5.32 Å². The first-order valence-corrected chi connectivity index (χ1v) is 13.6. The highest BCUT2D eigenvalue weighted by Gasteiger charge is 2.27. The van der Waals surface area contributed by atoms with Crippen LogP contribution in [0.15, 0.2) is 76.1 Å². The van der Waals surface area contributed by atoms with E-state index < -0.39 is 0 Å². The number of hydrogen-bond acceptors (Lipinski definition) is 4. The number of rotatable bonds is 9. The summed E-state index contributed by atoms with van der Waals surface area (Å²) < 4.78 is 0. The van der Waals surface area contributed by atoms with Gasteiger partial charge in [0.15, 0.2) is 0 Å². The molecule has 0 amide bonds. The molecule has 2 aliphatic carbocycles. The molecule has 0 aromatic carbocycles. The fourth-order valence-corrected chi connectivity index (χ4v) is 4.04. The van der Waals surface area contributed by atoms with Crippen LogP contribution in [0.4, 0.5) is 0 Å². The Morgan fingerprint density at radius 3 is 2.36 bits per heavy atom. The van der Waals surface area contributed by atoms with Crippen LogP contribution in [0.2, 0.25) is 0 Å². The minimum absolute atomic E-state index is 0.202. The van der Waals surface area contributed by atoms with E-state index in [0.29, 0.717) is 19.4 Å². The van der Waals surface area contributed by atoms with Crippen LogP contribution in [0.3, 0.4) is 0 Å². The van der Waals surface area contributed by atoms with Crippen LogP contribution in [0, 0.1) is 17.9 Å². The standard InChI is InChI=1S/C26H36N4.3C2H6/c1-7-29-25(17-26(5,6)16-22(28)13-14-27)19(4)30-24-12-11-21-15-20(18(2)3)9-8-10-23(21)24;3*1-2/h1,8,10,15-16,24,30H,2,4,9,11-14,17,27-28H2,3,5-6H3;3*1-2H3/b22-16+,29-25?;;;/t24-;;;/m0.../s1. The van der Waals surface area contributed by atoms with Crippen molar-refractivity contribution in [1.29, 1.82) is 0 Å². The largest absolute Gasteiger partial charge is 0.402 e. The highest BCUT2D eigenvalue weighted by molar-refractivity contribution is 6.00. The molecule has 36 heavy (non-hydrogen) atoms. The van der Waals surface area contributed by atoms with Crippen LogP contribution in [-0.4, -0.2) is 18.3 Å². The maximum absolute atomic E-state index is 6.09. The van der Waals surface area contributed by atoms with Gasteiger partial charge in [0.2, 0.25) is 0 Å². The number of terminal acetylenes is 1. The summed E-state index contributed by atoms with van der Waals surface area (Å²) in [4.78, 5) is 4.29. The Bertz CT molecular complexity index is 886. The predicted octanol–water partition coefficient (Wildman–Crippen LogP) is 7.73. The molecule has 2 aliphatic rings. The van der Waals surface area contributed by atoms with Crippen molar-refractivity contribution in [2.45, 2.75) is 100 Å². The molecule has 0 radical (unpaired) electrons. The summed E-state index contributed by atoms with van der Waals surface area (Å²) in [5.41, 5.74) is 19.0. The van der Waals surface area contributed by atoms with E-state index in [4.69, 9.17) is 17.9 Å². The van der Waals surface area contributed by atoms with Gasteiger partial charge in [0.1, 0.15) is 0 Å². The maximum Gasteiger partial charge on any atom is 0.0744 e. The van der Waals surface area contributed by atoms with E-state index in [9.17, 15) is 0 Å². The highest BCUT2D eigenvalue weighted by atomic mass is 15.0. The minimum atomic E-state index is -0.207. The first-order valence-electron chi connectivity index (χ1n) is 13.6. The third-order valence-electron chi connectivity index (χ3n) is 5.51. The van der Waals surface area contributed by atoms with Crippen LogP contribution in [0.25, 0.3) is 0 Å². The molecule has 2 rings (SSSR count). The monoisotopic (exact) mass is 494 g/mol. The zero-order valence-corrected chi connectivity index (χ0v) is 24.7. The van der Waals surface area contributed by atoms with Crippen molar-refractivity contribution >= 4 is 5.71 Å². The zero-order valence-electron chi connectivity index (χ0n) is 24.7. The minimum Gasteiger partial charge on any atom is -0.402 e. The summed E-state index contributed by atoms with van der Waals surface area (Å²) in [6.45, 7) is 27.2. The van der Waals surface area contributed by atoms with Crippen LogP contribution in [0.5, 0.6) is 0 Å². The van der Waals surface area contributed by atoms with Gasteiger partial charge in [0.05, 0.1) is 11.8 Å². The molecule has 4 heteroatoms. The van der Waals surface area contributed by atoms with E-state index in [1.54, 1.807) is 0 Å². The third-order valence-corrected chi connectivity index (χ3v) is 5.51. The molecule has 0 heterocycles. The van der Waals surface area contributed by atoms with Crippen molar-refractivity contribution in [2.75, 3.05) is 6.54 Å². The molecule has 1 atom stereocenters. The van der Waals surface area contributed by atoms with Gasteiger partial charge in [0.25, 0.3) is 0 Å². The van der Waals surface area contributed by atoms with Crippen LogP contribution >= 0.6 is 0 Å². The maximum atomic E-state index is 6.09. The molecule has 5 N–H and O–H groups in total. The van der Waals surface area contributed by atoms with Gasteiger partial charge in [-0.15, -0.1) is 0 Å². The van der Waals surface area contributed by atoms with Gasteiger partial charge in [0, 0.05) is 23.9 Å². The van der Waals surface area contributed by atoms with Crippen LogP contribution < -0.4 is 16.8 Å². The lowest BCUT2D eigenvalue weighted by atomic mass is 9.85. The van der Waals surface area contributed by atoms with Gasteiger partial charge in [-0.25, -0.2) is 4.99 Å². The predicted molar refractivity (Wildman–Crippen MR) is 164 cm³/mol. The Morgan fingerprint density at radius 2 is 1.83 bits per heavy atom. The first-order chi connectivity index (χ1) is 17.2. The topological polar surface area (TPSA) is 76.4 Å². The second kappa shape index (κ2) is 19.4. The fraction of sp³-hybridized carbons (Fsp3) is 0.531. The first kappa shape index (κ1) is 35.4. The number of aliphatic imine (C=N–C) groups is 1. The van der Waals surface area contributed by atoms with Crippen molar-refractivity contribution < 1.29 is 0 Å². The number of allylic oxidation sites excluding steroid dienone is 7. The second-order valence-electron chi connectivity index (χ2n) is 8.86. The molecule has 4 nitrogen and oxygen atoms in total. The molecule has 0 aliphatic heterocycles. The Balaban J connectivity index is 0. The summed E-state index contributed by atoms with van der Waals surface area (Å²) in [5.74, 6) is 0. The van der Waals surface area contributed by atoms with Crippen molar-refractivity contribution in [3.05, 3.63) is 71.1 Å². The number of nitrogens with one attached hydrogen (secondary N) is 1. The van der Waals surface area contributed by atoms with Gasteiger partial charge < -0.3 is 16.8 Å². The highest BCUT2D eigenvalue weighted by Crippen LogP contribution is 2.34. The molecule has 0 saturated carbocycles. The van der Waals surface area contributed by atoms with E-state index in [1.807, 2.05) is 47.6 Å². The lowest BCUT2D eigenvalue weighted by Gasteiger charge is -2.25. The quantitative estimate of drug-likeness (QED) is 0.227. The number of nitrogens with zero attached hydrogens (tertiary/aromatic N) is 1. The van der Waals surface area contributed by atoms with Crippen LogP contribution in [-0.2, 0) is 0 Å². The van der Waals surface area contributed by atoms with Gasteiger partial charge >= 0.3 is 0 Å². The van der Waals surface area contributed by atoms with Crippen molar-refractivity contribution in [2.24, 2.45) is 21.9 Å². The lowest BCUT2D eigenvalue weighted by molar-refractivity contribution is 0.496. The lowest BCUT2D eigenvalue weighted by Crippen LogP contribution is -2.32. The summed E-state index contributed by atoms with van der Waals surface area (Å²) in [7, 11) is 0. The Morgan fingerprint density at radius 1 is 1.22 bits per heavy atom. The normalized spacial score (nSPS) is 16.9. The van der Waals surface area contributed by atoms with Crippen molar-refractivity contribution in [3.63, 3.8) is 0 Å². The average molecular weight is 495 g/mol. The van der Waals surface area contributed by atoms with E-state index in [1.165, 1.54) is 16.7 Å². The Hall–Kier alpha value is -2.77. The molecule has 0 spiro atoms. The fourth-order valence-electron chi connectivity index (χ4n) is 4.04. The average Bonchev–Trinajstić information content (AvgIpc) is 3.08. The van der Waals surface area contributed by atoms with E-state index >= 15 is 0 Å². The van der Waals surface area contributed by atoms with Crippen molar-refractivity contribution in [3.8, 4) is 12.5 Å². The molecule has 0 fully saturated rings. The SMILES string of the molecule is C#CN=C(CC(C)(C)/C=C(/N)CCN)C(=C)N[C@H]1CCC2=C1C=CCC(C(=C)C)=C2.CC.CC.CC. The summed E-state index contributed by atoms with van der Waals surface area (Å²) in [6.07, 6.45) is 18.6. The van der Waals surface area contributed by atoms with E-state index in [2.05, 4.69) is 68.5 Å². The molecular formula is C32H54N4. The van der Waals surface area contributed by atoms with E-state index in [0.717, 1.165) is 41.9 Å². The number of hydrogen-bond donors (Lipinski definition) is 3. The van der Waals surface area contributed by atoms with Gasteiger partial charge in [-0.3, -0.25) is 0 Å². The zero-order chi connectivity index (χ0) is 28.3. The van der Waals surface area contributed by atoms with Gasteiger partial charge in [-0.2, -0.15) is 0 Å². The molecule has 0 unspecified atom stereocenters. The molecule has 0 bridgehead atoms. The summed E-state index contributed by atoms with van der Waals surface area (Å²) >= 11 is 0. The molecular weight excluding hydrogens is 440 g/mol. The van der Waals surface area contributed by atoms with Gasteiger partial charge in [-0.1, -0.05) is 105 Å². The van der Waals surface area contributed by atoms with Crippen LogP contribution in [0.1, 0.15) is 94.4 Å². The second-order valence-corrected chi connectivity index (χ2v) is 8.86. The Kier molecular flexibility index (Phi) is 19.1. The molecule has 0 aromatic heterocycles. The molecule has 202 valence electrons. The molecule has 0 saturated heterocycles. The summed E-state index contributed by atoms with van der Waals surface area (Å²) in [6, 6.07) is 2.63. The summed E-state index contributed by atoms with van der Waals surface area (Å²) in [5, 5.41) is 3.58. The van der Waals surface area contributed by atoms with Gasteiger partial charge in [-0.05, 0) is 61.3 Å². The third kappa shape index (κ3) is 12.3. The Labute approximate surface area is 223 Å². The number of nitrogens with two attached hydrogens (primary N) is 2. The van der Waals surface area contributed by atoms with E-state index in [-0.39, 0.29) is 11.5 Å². The smallest absolute Gasteiger partial charge is 0.0744 e.